The molecular weight excluding hydrogens is 207 g/mol. The Morgan fingerprint density at radius 2 is 2.00 bits per heavy atom. The van der Waals surface area contributed by atoms with Gasteiger partial charge < -0.3 is 4.18 Å². The lowest BCUT2D eigenvalue weighted by molar-refractivity contribution is 0.435. The minimum Gasteiger partial charge on any atom is -0.384 e. The van der Waals surface area contributed by atoms with E-state index in [1.54, 1.807) is 19.1 Å². The smallest absolute Gasteiger partial charge is 0.338 e. The van der Waals surface area contributed by atoms with Crippen LogP contribution in [0.15, 0.2) is 41.7 Å². The van der Waals surface area contributed by atoms with Crippen molar-refractivity contribution in [2.24, 2.45) is 0 Å². The molecule has 14 heavy (non-hydrogen) atoms. The second kappa shape index (κ2) is 4.23. The number of benzene rings is 1. The van der Waals surface area contributed by atoms with Crippen molar-refractivity contribution in [2.45, 2.75) is 11.8 Å². The molecule has 76 valence electrons. The van der Waals surface area contributed by atoms with Gasteiger partial charge in [-0.2, -0.15) is 8.42 Å². The van der Waals surface area contributed by atoms with Crippen LogP contribution in [-0.4, -0.2) is 8.42 Å². The SMILES string of the molecule is [2H]/C(F)=C\OS(=O)(=O)c1ccc(C)cc1. The predicted molar refractivity (Wildman–Crippen MR) is 49.7 cm³/mol. The largest absolute Gasteiger partial charge is 0.384 e. The van der Waals surface area contributed by atoms with E-state index in [9.17, 15) is 12.8 Å². The Balaban J connectivity index is 2.97. The van der Waals surface area contributed by atoms with Gasteiger partial charge in [-0.1, -0.05) is 17.7 Å². The third kappa shape index (κ3) is 2.56. The fourth-order valence-corrected chi connectivity index (χ4v) is 1.59. The zero-order valence-electron chi connectivity index (χ0n) is 8.40. The third-order valence-electron chi connectivity index (χ3n) is 1.53. The number of hydrogen-bond acceptors (Lipinski definition) is 3. The Hall–Kier alpha value is -1.36. The molecule has 0 atom stereocenters. The van der Waals surface area contributed by atoms with Gasteiger partial charge in [-0.15, -0.1) is 0 Å². The van der Waals surface area contributed by atoms with E-state index in [-0.39, 0.29) is 11.2 Å². The highest BCUT2D eigenvalue weighted by atomic mass is 32.2. The average Bonchev–Trinajstić information content (AvgIpc) is 2.16. The maximum Gasteiger partial charge on any atom is 0.338 e. The first-order valence-electron chi connectivity index (χ1n) is 4.24. The number of rotatable bonds is 3. The van der Waals surface area contributed by atoms with E-state index in [1.807, 2.05) is 0 Å². The topological polar surface area (TPSA) is 43.4 Å². The zero-order valence-corrected chi connectivity index (χ0v) is 8.21. The molecule has 0 N–H and O–H groups in total. The number of hydrogen-bond donors (Lipinski definition) is 0. The maximum atomic E-state index is 11.9. The van der Waals surface area contributed by atoms with Crippen LogP contribution in [-0.2, 0) is 14.3 Å². The predicted octanol–water partition coefficient (Wildman–Crippen LogP) is 2.14. The lowest BCUT2D eigenvalue weighted by atomic mass is 10.2. The molecule has 3 nitrogen and oxygen atoms in total. The molecule has 0 spiro atoms. The van der Waals surface area contributed by atoms with Crippen molar-refractivity contribution in [3.8, 4) is 0 Å². The van der Waals surface area contributed by atoms with Gasteiger partial charge in [-0.25, -0.2) is 4.39 Å². The fourth-order valence-electron chi connectivity index (χ4n) is 0.842. The first kappa shape index (κ1) is 9.21. The van der Waals surface area contributed by atoms with E-state index >= 15 is 0 Å². The Bertz CT molecular complexity index is 461. The Morgan fingerprint density at radius 3 is 2.50 bits per heavy atom. The van der Waals surface area contributed by atoms with E-state index in [4.69, 9.17) is 1.37 Å². The van der Waals surface area contributed by atoms with E-state index in [2.05, 4.69) is 4.18 Å². The maximum absolute atomic E-state index is 11.9. The molecule has 0 aromatic heterocycles. The lowest BCUT2D eigenvalue weighted by Gasteiger charge is -2.01. The molecule has 5 heteroatoms. The Morgan fingerprint density at radius 1 is 1.43 bits per heavy atom. The molecule has 0 radical (unpaired) electrons. The van der Waals surface area contributed by atoms with E-state index in [0.29, 0.717) is 0 Å². The van der Waals surface area contributed by atoms with Gasteiger partial charge in [0, 0.05) is 0 Å². The minimum atomic E-state index is -4.01. The quantitative estimate of drug-likeness (QED) is 0.575. The van der Waals surface area contributed by atoms with Crippen molar-refractivity contribution in [1.29, 1.82) is 0 Å². The normalized spacial score (nSPS) is 13.6. The molecule has 0 saturated carbocycles. The monoisotopic (exact) mass is 217 g/mol. The van der Waals surface area contributed by atoms with Crippen LogP contribution >= 0.6 is 0 Å². The summed E-state index contributed by atoms with van der Waals surface area (Å²) in [7, 11) is -4.01. The summed E-state index contributed by atoms with van der Waals surface area (Å²) in [6, 6.07) is 5.88. The minimum absolute atomic E-state index is 0.0781. The van der Waals surface area contributed by atoms with Gasteiger partial charge in [-0.05, 0) is 19.1 Å². The summed E-state index contributed by atoms with van der Waals surface area (Å²) in [4.78, 5) is -0.0781. The molecular formula is C9H9FO3S. The Kier molecular flexibility index (Phi) is 2.78. The summed E-state index contributed by atoms with van der Waals surface area (Å²) in [5, 5.41) is 0. The second-order valence-corrected chi connectivity index (χ2v) is 4.16. The summed E-state index contributed by atoms with van der Waals surface area (Å²) in [5.74, 6) is 0. The lowest BCUT2D eigenvalue weighted by Crippen LogP contribution is -2.01. The molecule has 0 heterocycles. The Labute approximate surface area is 83.4 Å². The first-order chi connectivity index (χ1) is 6.92. The fraction of sp³-hybridized carbons (Fsp3) is 0.111. The van der Waals surface area contributed by atoms with Crippen LogP contribution in [0.5, 0.6) is 0 Å². The standard InChI is InChI=1S/C9H9FO3S/c1-8-2-4-9(5-3-8)14(11,12)13-7-6-10/h2-7H,1H3/b7-6+/i6D. The van der Waals surface area contributed by atoms with Gasteiger partial charge in [-0.3, -0.25) is 0 Å². The summed E-state index contributed by atoms with van der Waals surface area (Å²) in [6.45, 7) is 1.81. The summed E-state index contributed by atoms with van der Waals surface area (Å²) >= 11 is 0. The molecule has 1 aromatic rings. The third-order valence-corrected chi connectivity index (χ3v) is 2.73. The number of halogens is 1. The molecule has 1 aromatic carbocycles. The van der Waals surface area contributed by atoms with Crippen molar-refractivity contribution in [3.05, 3.63) is 42.4 Å². The highest BCUT2D eigenvalue weighted by molar-refractivity contribution is 7.86. The summed E-state index contributed by atoms with van der Waals surface area (Å²) in [5.41, 5.74) is 0.899. The van der Waals surface area contributed by atoms with Crippen LogP contribution in [0.3, 0.4) is 0 Å². The van der Waals surface area contributed by atoms with Crippen molar-refractivity contribution in [1.82, 2.24) is 0 Å². The van der Waals surface area contributed by atoms with Crippen LogP contribution in [0.25, 0.3) is 0 Å². The number of aryl methyl sites for hydroxylation is 1. The van der Waals surface area contributed by atoms with Crippen molar-refractivity contribution in [3.63, 3.8) is 0 Å². The van der Waals surface area contributed by atoms with Crippen LogP contribution in [0, 0.1) is 6.92 Å². The van der Waals surface area contributed by atoms with Crippen molar-refractivity contribution in [2.75, 3.05) is 0 Å². The van der Waals surface area contributed by atoms with Crippen LogP contribution in [0.1, 0.15) is 6.93 Å². The van der Waals surface area contributed by atoms with Gasteiger partial charge in [0.1, 0.15) is 17.5 Å². The summed E-state index contributed by atoms with van der Waals surface area (Å²) < 4.78 is 45.1. The molecule has 0 amide bonds. The molecule has 0 aliphatic rings. The molecule has 0 aliphatic heterocycles. The van der Waals surface area contributed by atoms with Crippen molar-refractivity contribution < 1.29 is 18.4 Å². The highest BCUT2D eigenvalue weighted by Gasteiger charge is 2.12. The summed E-state index contributed by atoms with van der Waals surface area (Å²) in [6.07, 6.45) is -1.22. The van der Waals surface area contributed by atoms with E-state index < -0.39 is 16.4 Å². The van der Waals surface area contributed by atoms with Gasteiger partial charge in [0.2, 0.25) is 0 Å². The molecule has 0 bridgehead atoms. The first-order valence-corrected chi connectivity index (χ1v) is 5.15. The van der Waals surface area contributed by atoms with E-state index in [0.717, 1.165) is 5.56 Å². The zero-order chi connectivity index (χ0) is 11.5. The van der Waals surface area contributed by atoms with Gasteiger partial charge in [0.05, 0.1) is 1.37 Å². The van der Waals surface area contributed by atoms with Crippen LogP contribution in [0.4, 0.5) is 4.39 Å². The van der Waals surface area contributed by atoms with Gasteiger partial charge in [0.15, 0.2) is 0 Å². The van der Waals surface area contributed by atoms with Crippen molar-refractivity contribution >= 4 is 10.1 Å². The second-order valence-electron chi connectivity index (χ2n) is 2.59. The van der Waals surface area contributed by atoms with Crippen LogP contribution < -0.4 is 0 Å². The molecule has 0 saturated heterocycles. The van der Waals surface area contributed by atoms with Gasteiger partial charge >= 0.3 is 10.1 Å². The highest BCUT2D eigenvalue weighted by Crippen LogP contribution is 2.13. The average molecular weight is 217 g/mol. The van der Waals surface area contributed by atoms with Gasteiger partial charge in [0.25, 0.3) is 0 Å². The molecule has 1 rings (SSSR count). The molecule has 0 aliphatic carbocycles. The van der Waals surface area contributed by atoms with Crippen LogP contribution in [0.2, 0.25) is 0 Å². The molecule has 0 unspecified atom stereocenters. The van der Waals surface area contributed by atoms with E-state index in [1.165, 1.54) is 12.1 Å². The molecule has 0 fully saturated rings.